The molecule has 0 saturated heterocycles. The summed E-state index contributed by atoms with van der Waals surface area (Å²) < 4.78 is 0. The minimum absolute atomic E-state index is 0.576. The quantitative estimate of drug-likeness (QED) is 0.279. The summed E-state index contributed by atoms with van der Waals surface area (Å²) in [6, 6.07) is 27.8. The minimum Gasteiger partial charge on any atom is -0.296 e. The Morgan fingerprint density at radius 2 is 1.57 bits per heavy atom. The van der Waals surface area contributed by atoms with Crippen LogP contribution in [0, 0.1) is 0 Å². The van der Waals surface area contributed by atoms with Gasteiger partial charge in [-0.25, -0.2) is 0 Å². The van der Waals surface area contributed by atoms with Crippen LogP contribution in [0.4, 0.5) is 0 Å². The zero-order valence-corrected chi connectivity index (χ0v) is 21.1. The molecule has 2 aliphatic rings. The maximum Gasteiger partial charge on any atom is 0.0351 e. The molecule has 4 aromatic rings. The largest absolute Gasteiger partial charge is 0.296 e. The molecule has 2 aliphatic carbocycles. The monoisotopic (exact) mass is 457 g/mol. The summed E-state index contributed by atoms with van der Waals surface area (Å²) in [5, 5.41) is 5.40. The highest BCUT2D eigenvalue weighted by Gasteiger charge is 2.29. The Balaban J connectivity index is 1.42. The van der Waals surface area contributed by atoms with Gasteiger partial charge in [0.2, 0.25) is 0 Å². The van der Waals surface area contributed by atoms with Gasteiger partial charge in [0, 0.05) is 6.04 Å². The van der Waals surface area contributed by atoms with E-state index in [1.165, 1.54) is 81.7 Å². The molecule has 0 bridgehead atoms. The fourth-order valence-electron chi connectivity index (χ4n) is 6.50. The Morgan fingerprint density at radius 1 is 0.743 bits per heavy atom. The van der Waals surface area contributed by atoms with Crippen molar-refractivity contribution in [1.29, 1.82) is 0 Å². The topological polar surface area (TPSA) is 3.24 Å². The lowest BCUT2D eigenvalue weighted by Gasteiger charge is -2.38. The SMILES string of the molecule is CCCN(CCC)C1CC=CC2=C1CCc1c2ccc2cc(-c3cccc4ccccc34)ccc12. The van der Waals surface area contributed by atoms with Crippen molar-refractivity contribution in [3.63, 3.8) is 0 Å². The lowest BCUT2D eigenvalue weighted by Crippen LogP contribution is -2.39. The molecule has 0 radical (unpaired) electrons. The van der Waals surface area contributed by atoms with Crippen LogP contribution in [0.3, 0.4) is 0 Å². The van der Waals surface area contributed by atoms with Gasteiger partial charge in [0.15, 0.2) is 0 Å². The van der Waals surface area contributed by atoms with E-state index in [4.69, 9.17) is 0 Å². The van der Waals surface area contributed by atoms with Crippen molar-refractivity contribution >= 4 is 27.1 Å². The molecular formula is C34H35N. The van der Waals surface area contributed by atoms with Gasteiger partial charge in [-0.3, -0.25) is 4.90 Å². The Hall–Kier alpha value is -3.16. The van der Waals surface area contributed by atoms with Crippen LogP contribution in [0.15, 0.2) is 90.5 Å². The van der Waals surface area contributed by atoms with Gasteiger partial charge >= 0.3 is 0 Å². The van der Waals surface area contributed by atoms with Crippen LogP contribution in [-0.4, -0.2) is 24.0 Å². The smallest absolute Gasteiger partial charge is 0.0351 e. The number of hydrogen-bond acceptors (Lipinski definition) is 1. The van der Waals surface area contributed by atoms with E-state index in [1.807, 2.05) is 0 Å². The van der Waals surface area contributed by atoms with Gasteiger partial charge in [-0.1, -0.05) is 92.7 Å². The van der Waals surface area contributed by atoms with E-state index in [2.05, 4.69) is 104 Å². The fraction of sp³-hybridized carbons (Fsp3) is 0.294. The number of fused-ring (bicyclic) bond motifs is 5. The van der Waals surface area contributed by atoms with Crippen molar-refractivity contribution < 1.29 is 0 Å². The molecule has 35 heavy (non-hydrogen) atoms. The zero-order valence-electron chi connectivity index (χ0n) is 21.1. The number of benzene rings is 4. The van der Waals surface area contributed by atoms with Gasteiger partial charge in [0.05, 0.1) is 0 Å². The number of nitrogens with zero attached hydrogens (tertiary/aromatic N) is 1. The van der Waals surface area contributed by atoms with Crippen LogP contribution in [0.2, 0.25) is 0 Å². The average molecular weight is 458 g/mol. The molecule has 0 spiro atoms. The van der Waals surface area contributed by atoms with Crippen LogP contribution in [0.25, 0.3) is 38.2 Å². The maximum absolute atomic E-state index is 2.74. The van der Waals surface area contributed by atoms with Crippen LogP contribution in [0.1, 0.15) is 50.7 Å². The summed E-state index contributed by atoms with van der Waals surface area (Å²) in [5.74, 6) is 0. The second-order valence-corrected chi connectivity index (χ2v) is 10.2. The normalized spacial score (nSPS) is 17.3. The number of aryl methyl sites for hydroxylation is 1. The first-order valence-corrected chi connectivity index (χ1v) is 13.5. The molecule has 176 valence electrons. The summed E-state index contributed by atoms with van der Waals surface area (Å²) in [7, 11) is 0. The highest BCUT2D eigenvalue weighted by molar-refractivity contribution is 6.01. The Morgan fingerprint density at radius 3 is 2.43 bits per heavy atom. The summed E-state index contributed by atoms with van der Waals surface area (Å²) in [4.78, 5) is 2.74. The third-order valence-corrected chi connectivity index (χ3v) is 8.02. The first-order valence-electron chi connectivity index (χ1n) is 13.5. The van der Waals surface area contributed by atoms with E-state index in [0.29, 0.717) is 6.04 Å². The summed E-state index contributed by atoms with van der Waals surface area (Å²) in [6.45, 7) is 7.02. The molecule has 1 nitrogen and oxygen atoms in total. The van der Waals surface area contributed by atoms with E-state index in [1.54, 1.807) is 5.57 Å². The van der Waals surface area contributed by atoms with Crippen LogP contribution < -0.4 is 0 Å². The van der Waals surface area contributed by atoms with Crippen LogP contribution in [0.5, 0.6) is 0 Å². The lowest BCUT2D eigenvalue weighted by molar-refractivity contribution is 0.218. The van der Waals surface area contributed by atoms with Crippen molar-refractivity contribution in [3.05, 3.63) is 102 Å². The molecule has 6 rings (SSSR count). The van der Waals surface area contributed by atoms with Crippen LogP contribution in [-0.2, 0) is 6.42 Å². The molecule has 1 heteroatoms. The lowest BCUT2D eigenvalue weighted by atomic mass is 9.77. The minimum atomic E-state index is 0.576. The standard InChI is InChI=1S/C34H35N/c1-3-21-35(22-4-2)34-14-8-13-30-32-18-16-26-23-25(15-17-29(26)31(32)19-20-33(30)34)28-12-7-10-24-9-5-6-11-27(24)28/h5-13,15-18,23,34H,3-4,14,19-22H2,1-2H3. The number of allylic oxidation sites excluding steroid dienone is 2. The second-order valence-electron chi connectivity index (χ2n) is 10.2. The van der Waals surface area contributed by atoms with Crippen molar-refractivity contribution in [2.75, 3.05) is 13.1 Å². The van der Waals surface area contributed by atoms with E-state index >= 15 is 0 Å². The van der Waals surface area contributed by atoms with Crippen molar-refractivity contribution in [2.24, 2.45) is 0 Å². The Kier molecular flexibility index (Phi) is 6.04. The van der Waals surface area contributed by atoms with Crippen LogP contribution >= 0.6 is 0 Å². The third-order valence-electron chi connectivity index (χ3n) is 8.02. The number of rotatable bonds is 6. The summed E-state index contributed by atoms with van der Waals surface area (Å²) in [5.41, 5.74) is 8.79. The van der Waals surface area contributed by atoms with Gasteiger partial charge in [-0.15, -0.1) is 0 Å². The molecule has 0 aliphatic heterocycles. The summed E-state index contributed by atoms with van der Waals surface area (Å²) >= 11 is 0. The van der Waals surface area contributed by atoms with E-state index in [0.717, 1.165) is 12.8 Å². The van der Waals surface area contributed by atoms with Crippen molar-refractivity contribution in [2.45, 2.75) is 52.0 Å². The highest BCUT2D eigenvalue weighted by Crippen LogP contribution is 2.42. The fourth-order valence-corrected chi connectivity index (χ4v) is 6.50. The maximum atomic E-state index is 2.74. The molecule has 1 atom stereocenters. The molecule has 0 aromatic heterocycles. The van der Waals surface area contributed by atoms with Gasteiger partial charge in [0.25, 0.3) is 0 Å². The zero-order chi connectivity index (χ0) is 23.8. The van der Waals surface area contributed by atoms with E-state index in [9.17, 15) is 0 Å². The molecule has 0 N–H and O–H groups in total. The molecule has 0 amide bonds. The Labute approximate surface area is 209 Å². The van der Waals surface area contributed by atoms with Gasteiger partial charge in [-0.05, 0) is 106 Å². The first kappa shape index (κ1) is 22.3. The molecule has 0 saturated carbocycles. The molecule has 4 aromatic carbocycles. The first-order chi connectivity index (χ1) is 17.3. The Bertz CT molecular complexity index is 1440. The van der Waals surface area contributed by atoms with E-state index < -0.39 is 0 Å². The van der Waals surface area contributed by atoms with Crippen molar-refractivity contribution in [3.8, 4) is 11.1 Å². The molecule has 0 fully saturated rings. The summed E-state index contributed by atoms with van der Waals surface area (Å²) in [6.07, 6.45) is 10.8. The predicted molar refractivity (Wildman–Crippen MR) is 152 cm³/mol. The van der Waals surface area contributed by atoms with Crippen molar-refractivity contribution in [1.82, 2.24) is 4.90 Å². The van der Waals surface area contributed by atoms with E-state index in [-0.39, 0.29) is 0 Å². The highest BCUT2D eigenvalue weighted by atomic mass is 15.1. The molecular weight excluding hydrogens is 422 g/mol. The predicted octanol–water partition coefficient (Wildman–Crippen LogP) is 8.81. The average Bonchev–Trinajstić information content (AvgIpc) is 2.91. The number of hydrogen-bond donors (Lipinski definition) is 0. The molecule has 0 heterocycles. The van der Waals surface area contributed by atoms with Gasteiger partial charge in [-0.2, -0.15) is 0 Å². The molecule has 1 unspecified atom stereocenters. The van der Waals surface area contributed by atoms with Gasteiger partial charge < -0.3 is 0 Å². The second kappa shape index (κ2) is 9.47. The third kappa shape index (κ3) is 3.93. The van der Waals surface area contributed by atoms with Gasteiger partial charge in [0.1, 0.15) is 0 Å².